The lowest BCUT2D eigenvalue weighted by Crippen LogP contribution is -2.42. The van der Waals surface area contributed by atoms with E-state index in [9.17, 15) is 8.42 Å². The second-order valence-electron chi connectivity index (χ2n) is 5.76. The summed E-state index contributed by atoms with van der Waals surface area (Å²) in [6.07, 6.45) is 1.45. The number of hydrogen-bond donors (Lipinski definition) is 1. The lowest BCUT2D eigenvalue weighted by molar-refractivity contribution is 0.330. The van der Waals surface area contributed by atoms with Gasteiger partial charge in [-0.2, -0.15) is 4.31 Å². The van der Waals surface area contributed by atoms with Crippen LogP contribution >= 0.6 is 23.2 Å². The summed E-state index contributed by atoms with van der Waals surface area (Å²) in [5.74, 6) is 0. The Labute approximate surface area is 152 Å². The molecule has 0 aliphatic carbocycles. The van der Waals surface area contributed by atoms with E-state index >= 15 is 0 Å². The van der Waals surface area contributed by atoms with Crippen LogP contribution in [0.15, 0.2) is 53.4 Å². The summed E-state index contributed by atoms with van der Waals surface area (Å²) >= 11 is 12.1. The summed E-state index contributed by atoms with van der Waals surface area (Å²) < 4.78 is 26.9. The van der Waals surface area contributed by atoms with Crippen LogP contribution in [0.5, 0.6) is 0 Å². The number of piperidine rings is 1. The van der Waals surface area contributed by atoms with E-state index in [0.717, 1.165) is 18.5 Å². The van der Waals surface area contributed by atoms with Gasteiger partial charge >= 0.3 is 0 Å². The van der Waals surface area contributed by atoms with Gasteiger partial charge in [0.1, 0.15) is 0 Å². The molecule has 0 unspecified atom stereocenters. The van der Waals surface area contributed by atoms with E-state index in [2.05, 4.69) is 5.32 Å². The van der Waals surface area contributed by atoms with Crippen molar-refractivity contribution in [2.24, 2.45) is 0 Å². The van der Waals surface area contributed by atoms with Crippen LogP contribution in [-0.2, 0) is 10.0 Å². The zero-order valence-electron chi connectivity index (χ0n) is 13.0. The fourth-order valence-electron chi connectivity index (χ4n) is 2.82. The molecule has 1 heterocycles. The van der Waals surface area contributed by atoms with Crippen molar-refractivity contribution in [3.05, 3.63) is 58.6 Å². The average molecular weight is 385 g/mol. The molecule has 2 aromatic rings. The molecular weight excluding hydrogens is 367 g/mol. The van der Waals surface area contributed by atoms with Gasteiger partial charge in [0, 0.05) is 24.2 Å². The van der Waals surface area contributed by atoms with Crippen LogP contribution in [0.3, 0.4) is 0 Å². The molecule has 0 aromatic heterocycles. The molecule has 2 aromatic carbocycles. The predicted octanol–water partition coefficient (Wildman–Crippen LogP) is 4.26. The molecule has 7 heteroatoms. The van der Waals surface area contributed by atoms with E-state index in [1.54, 1.807) is 18.2 Å². The molecule has 0 bridgehead atoms. The molecule has 4 nitrogen and oxygen atoms in total. The fourth-order valence-corrected chi connectivity index (χ4v) is 4.78. The van der Waals surface area contributed by atoms with Crippen LogP contribution in [0.1, 0.15) is 12.8 Å². The smallest absolute Gasteiger partial charge is 0.243 e. The molecule has 3 rings (SSSR count). The van der Waals surface area contributed by atoms with Gasteiger partial charge in [-0.15, -0.1) is 0 Å². The molecule has 128 valence electrons. The minimum Gasteiger partial charge on any atom is -0.381 e. The highest BCUT2D eigenvalue weighted by Crippen LogP contribution is 2.26. The van der Waals surface area contributed by atoms with E-state index in [-0.39, 0.29) is 10.9 Å². The van der Waals surface area contributed by atoms with Gasteiger partial charge in [-0.1, -0.05) is 41.4 Å². The molecule has 0 radical (unpaired) electrons. The Bertz CT molecular complexity index is 819. The SMILES string of the molecule is O=S(=O)(c1cccc(Cl)c1)N1CCC(Nc2ccccc2Cl)CC1. The lowest BCUT2D eigenvalue weighted by atomic mass is 10.1. The van der Waals surface area contributed by atoms with Crippen molar-refractivity contribution in [1.82, 2.24) is 4.31 Å². The van der Waals surface area contributed by atoms with Crippen LogP contribution in [-0.4, -0.2) is 31.9 Å². The van der Waals surface area contributed by atoms with E-state index in [1.165, 1.54) is 10.4 Å². The number of sulfonamides is 1. The maximum absolute atomic E-state index is 12.7. The number of anilines is 1. The Kier molecular flexibility index (Phi) is 5.35. The highest BCUT2D eigenvalue weighted by Gasteiger charge is 2.29. The number of halogens is 2. The van der Waals surface area contributed by atoms with Crippen LogP contribution in [0.2, 0.25) is 10.0 Å². The molecule has 1 fully saturated rings. The molecule has 1 aliphatic heterocycles. The number of rotatable bonds is 4. The lowest BCUT2D eigenvalue weighted by Gasteiger charge is -2.32. The maximum atomic E-state index is 12.7. The standard InChI is InChI=1S/C17H18Cl2N2O2S/c18-13-4-3-5-15(12-13)24(22,23)21-10-8-14(9-11-21)20-17-7-2-1-6-16(17)19/h1-7,12,14,20H,8-11H2. The van der Waals surface area contributed by atoms with E-state index in [1.807, 2.05) is 24.3 Å². The largest absolute Gasteiger partial charge is 0.381 e. The highest BCUT2D eigenvalue weighted by atomic mass is 35.5. The fraction of sp³-hybridized carbons (Fsp3) is 0.294. The summed E-state index contributed by atoms with van der Waals surface area (Å²) in [6.45, 7) is 0.938. The van der Waals surface area contributed by atoms with Gasteiger partial charge < -0.3 is 5.32 Å². The summed E-state index contributed by atoms with van der Waals surface area (Å²) in [5.41, 5.74) is 0.885. The first-order valence-corrected chi connectivity index (χ1v) is 9.93. The monoisotopic (exact) mass is 384 g/mol. The topological polar surface area (TPSA) is 49.4 Å². The molecule has 1 aliphatic rings. The van der Waals surface area contributed by atoms with Gasteiger partial charge in [0.25, 0.3) is 0 Å². The Morgan fingerprint density at radius 1 is 1.00 bits per heavy atom. The number of benzene rings is 2. The molecule has 0 atom stereocenters. The van der Waals surface area contributed by atoms with Crippen molar-refractivity contribution in [1.29, 1.82) is 0 Å². The molecule has 0 amide bonds. The molecule has 0 spiro atoms. The molecule has 0 saturated carbocycles. The van der Waals surface area contributed by atoms with Crippen molar-refractivity contribution in [3.63, 3.8) is 0 Å². The number of para-hydroxylation sites is 1. The molecule has 24 heavy (non-hydrogen) atoms. The summed E-state index contributed by atoms with van der Waals surface area (Å²) in [6, 6.07) is 14.2. The number of nitrogens with one attached hydrogen (secondary N) is 1. The van der Waals surface area contributed by atoms with E-state index in [0.29, 0.717) is 23.1 Å². The average Bonchev–Trinajstić information content (AvgIpc) is 2.57. The number of hydrogen-bond acceptors (Lipinski definition) is 3. The first kappa shape index (κ1) is 17.5. The van der Waals surface area contributed by atoms with Crippen molar-refractivity contribution in [3.8, 4) is 0 Å². The zero-order valence-corrected chi connectivity index (χ0v) is 15.3. The Morgan fingerprint density at radius 2 is 1.71 bits per heavy atom. The maximum Gasteiger partial charge on any atom is 0.243 e. The van der Waals surface area contributed by atoms with E-state index in [4.69, 9.17) is 23.2 Å². The first-order valence-electron chi connectivity index (χ1n) is 7.73. The van der Waals surface area contributed by atoms with E-state index < -0.39 is 10.0 Å². The third kappa shape index (κ3) is 3.86. The third-order valence-corrected chi connectivity index (χ3v) is 6.58. The zero-order chi connectivity index (χ0) is 17.2. The summed E-state index contributed by atoms with van der Waals surface area (Å²) in [7, 11) is -3.49. The van der Waals surface area contributed by atoms with Crippen LogP contribution in [0.25, 0.3) is 0 Å². The molecule has 1 N–H and O–H groups in total. The van der Waals surface area contributed by atoms with Crippen molar-refractivity contribution < 1.29 is 8.42 Å². The van der Waals surface area contributed by atoms with Gasteiger partial charge in [-0.3, -0.25) is 0 Å². The second kappa shape index (κ2) is 7.31. The number of nitrogens with zero attached hydrogens (tertiary/aromatic N) is 1. The molecular formula is C17H18Cl2N2O2S. The van der Waals surface area contributed by atoms with Crippen molar-refractivity contribution in [2.45, 2.75) is 23.8 Å². The van der Waals surface area contributed by atoms with Crippen molar-refractivity contribution >= 4 is 38.9 Å². The Balaban J connectivity index is 1.65. The minimum atomic E-state index is -3.49. The molecule has 1 saturated heterocycles. The van der Waals surface area contributed by atoms with Crippen molar-refractivity contribution in [2.75, 3.05) is 18.4 Å². The van der Waals surface area contributed by atoms with Crippen LogP contribution in [0.4, 0.5) is 5.69 Å². The Hall–Kier alpha value is -1.27. The minimum absolute atomic E-state index is 0.204. The van der Waals surface area contributed by atoms with Gasteiger partial charge in [0.15, 0.2) is 0 Å². The Morgan fingerprint density at radius 3 is 2.38 bits per heavy atom. The first-order chi connectivity index (χ1) is 11.5. The van der Waals surface area contributed by atoms with Gasteiger partial charge in [0.05, 0.1) is 15.6 Å². The van der Waals surface area contributed by atoms with Crippen LogP contribution in [0, 0.1) is 0 Å². The highest BCUT2D eigenvalue weighted by molar-refractivity contribution is 7.89. The predicted molar refractivity (Wildman–Crippen MR) is 98.3 cm³/mol. The van der Waals surface area contributed by atoms with Crippen LogP contribution < -0.4 is 5.32 Å². The second-order valence-corrected chi connectivity index (χ2v) is 8.54. The third-order valence-electron chi connectivity index (χ3n) is 4.12. The van der Waals surface area contributed by atoms with Gasteiger partial charge in [-0.25, -0.2) is 8.42 Å². The quantitative estimate of drug-likeness (QED) is 0.856. The normalized spacial score (nSPS) is 16.9. The van der Waals surface area contributed by atoms with Gasteiger partial charge in [0.2, 0.25) is 10.0 Å². The summed E-state index contributed by atoms with van der Waals surface area (Å²) in [4.78, 5) is 0.243. The summed E-state index contributed by atoms with van der Waals surface area (Å²) in [5, 5.41) is 4.49. The van der Waals surface area contributed by atoms with Gasteiger partial charge in [-0.05, 0) is 43.2 Å².